The standard InChI is InChI=1S/C15H22N2O2/c1-15(2)8-4-9-17(15)14(18)7-10-19-13-6-3-5-12(16)11-13/h3,5-6,11H,4,7-10,16H2,1-2H3. The van der Waals surface area contributed by atoms with Crippen molar-refractivity contribution in [3.8, 4) is 5.75 Å². The molecule has 1 heterocycles. The van der Waals surface area contributed by atoms with E-state index >= 15 is 0 Å². The summed E-state index contributed by atoms with van der Waals surface area (Å²) in [4.78, 5) is 14.1. The lowest BCUT2D eigenvalue weighted by molar-refractivity contribution is -0.134. The largest absolute Gasteiger partial charge is 0.493 e. The van der Waals surface area contributed by atoms with Crippen LogP contribution < -0.4 is 10.5 Å². The van der Waals surface area contributed by atoms with Crippen molar-refractivity contribution in [3.63, 3.8) is 0 Å². The van der Waals surface area contributed by atoms with Gasteiger partial charge >= 0.3 is 0 Å². The lowest BCUT2D eigenvalue weighted by atomic mass is 10.0. The maximum absolute atomic E-state index is 12.1. The van der Waals surface area contributed by atoms with Crippen molar-refractivity contribution < 1.29 is 9.53 Å². The number of anilines is 1. The number of ether oxygens (including phenoxy) is 1. The van der Waals surface area contributed by atoms with Gasteiger partial charge < -0.3 is 15.4 Å². The van der Waals surface area contributed by atoms with E-state index < -0.39 is 0 Å². The predicted octanol–water partition coefficient (Wildman–Crippen LogP) is 2.44. The summed E-state index contributed by atoms with van der Waals surface area (Å²) in [6, 6.07) is 7.27. The summed E-state index contributed by atoms with van der Waals surface area (Å²) >= 11 is 0. The van der Waals surface area contributed by atoms with Crippen LogP contribution in [-0.4, -0.2) is 29.5 Å². The molecule has 0 atom stereocenters. The number of rotatable bonds is 4. The second-order valence-electron chi connectivity index (χ2n) is 5.63. The molecule has 1 saturated heterocycles. The van der Waals surface area contributed by atoms with Crippen LogP contribution in [0.1, 0.15) is 33.1 Å². The van der Waals surface area contributed by atoms with Gasteiger partial charge in [0.25, 0.3) is 0 Å². The fourth-order valence-corrected chi connectivity index (χ4v) is 2.57. The molecular weight excluding hydrogens is 240 g/mol. The Kier molecular flexibility index (Phi) is 3.98. The van der Waals surface area contributed by atoms with Gasteiger partial charge in [-0.25, -0.2) is 0 Å². The minimum absolute atomic E-state index is 0.00570. The van der Waals surface area contributed by atoms with Crippen molar-refractivity contribution in [3.05, 3.63) is 24.3 Å². The van der Waals surface area contributed by atoms with Crippen molar-refractivity contribution in [2.45, 2.75) is 38.6 Å². The van der Waals surface area contributed by atoms with Gasteiger partial charge in [0.05, 0.1) is 13.0 Å². The van der Waals surface area contributed by atoms with E-state index in [0.717, 1.165) is 19.4 Å². The lowest BCUT2D eigenvalue weighted by Gasteiger charge is -2.31. The Labute approximate surface area is 114 Å². The zero-order valence-electron chi connectivity index (χ0n) is 11.7. The first-order valence-electron chi connectivity index (χ1n) is 6.78. The van der Waals surface area contributed by atoms with Gasteiger partial charge in [-0.1, -0.05) is 6.07 Å². The fraction of sp³-hybridized carbons (Fsp3) is 0.533. The van der Waals surface area contributed by atoms with Gasteiger partial charge in [-0.2, -0.15) is 0 Å². The molecular formula is C15H22N2O2. The molecule has 1 fully saturated rings. The summed E-state index contributed by atoms with van der Waals surface area (Å²) in [6.45, 7) is 5.51. The third kappa shape index (κ3) is 3.40. The van der Waals surface area contributed by atoms with Crippen LogP contribution in [-0.2, 0) is 4.79 Å². The van der Waals surface area contributed by atoms with Crippen molar-refractivity contribution in [2.24, 2.45) is 0 Å². The quantitative estimate of drug-likeness (QED) is 0.848. The third-order valence-electron chi connectivity index (χ3n) is 3.64. The van der Waals surface area contributed by atoms with Crippen LogP contribution in [0.2, 0.25) is 0 Å². The molecule has 19 heavy (non-hydrogen) atoms. The minimum atomic E-state index is -0.00570. The summed E-state index contributed by atoms with van der Waals surface area (Å²) in [5.41, 5.74) is 6.34. The average molecular weight is 262 g/mol. The average Bonchev–Trinajstić information content (AvgIpc) is 2.69. The van der Waals surface area contributed by atoms with Crippen molar-refractivity contribution >= 4 is 11.6 Å². The van der Waals surface area contributed by atoms with Gasteiger partial charge in [-0.3, -0.25) is 4.79 Å². The first-order valence-corrected chi connectivity index (χ1v) is 6.78. The molecule has 104 valence electrons. The van der Waals surface area contributed by atoms with E-state index in [1.807, 2.05) is 23.1 Å². The van der Waals surface area contributed by atoms with Crippen molar-refractivity contribution in [1.82, 2.24) is 4.90 Å². The molecule has 1 amide bonds. The molecule has 0 bridgehead atoms. The maximum atomic E-state index is 12.1. The first kappa shape index (κ1) is 13.7. The molecule has 0 aromatic heterocycles. The lowest BCUT2D eigenvalue weighted by Crippen LogP contribution is -2.43. The third-order valence-corrected chi connectivity index (χ3v) is 3.64. The highest BCUT2D eigenvalue weighted by Gasteiger charge is 2.34. The summed E-state index contributed by atoms with van der Waals surface area (Å²) in [5, 5.41) is 0. The van der Waals surface area contributed by atoms with Crippen LogP contribution in [0.5, 0.6) is 5.75 Å². The SMILES string of the molecule is CC1(C)CCCN1C(=O)CCOc1cccc(N)c1. The Balaban J connectivity index is 1.81. The number of nitrogens with zero attached hydrogens (tertiary/aromatic N) is 1. The Morgan fingerprint density at radius 2 is 2.26 bits per heavy atom. The molecule has 0 spiro atoms. The van der Waals surface area contributed by atoms with E-state index in [2.05, 4.69) is 13.8 Å². The minimum Gasteiger partial charge on any atom is -0.493 e. The zero-order valence-corrected chi connectivity index (χ0v) is 11.7. The Bertz CT molecular complexity index is 457. The predicted molar refractivity (Wildman–Crippen MR) is 76.0 cm³/mol. The number of hydrogen-bond acceptors (Lipinski definition) is 3. The van der Waals surface area contributed by atoms with Crippen LogP contribution in [0.25, 0.3) is 0 Å². The zero-order chi connectivity index (χ0) is 13.9. The number of carbonyl (C=O) groups is 1. The molecule has 1 aliphatic heterocycles. The van der Waals surface area contributed by atoms with E-state index in [0.29, 0.717) is 24.5 Å². The van der Waals surface area contributed by atoms with E-state index in [9.17, 15) is 4.79 Å². The Morgan fingerprint density at radius 1 is 1.47 bits per heavy atom. The molecule has 2 N–H and O–H groups in total. The van der Waals surface area contributed by atoms with Crippen LogP contribution >= 0.6 is 0 Å². The number of amides is 1. The summed E-state index contributed by atoms with van der Waals surface area (Å²) in [7, 11) is 0. The van der Waals surface area contributed by atoms with Gasteiger partial charge in [0, 0.05) is 23.8 Å². The number of carbonyl (C=O) groups excluding carboxylic acids is 1. The van der Waals surface area contributed by atoms with Gasteiger partial charge in [0.15, 0.2) is 0 Å². The summed E-state index contributed by atoms with van der Waals surface area (Å²) in [5.74, 6) is 0.889. The van der Waals surface area contributed by atoms with Crippen LogP contribution in [0, 0.1) is 0 Å². The highest BCUT2D eigenvalue weighted by molar-refractivity contribution is 5.77. The molecule has 0 radical (unpaired) electrons. The van der Waals surface area contributed by atoms with E-state index in [4.69, 9.17) is 10.5 Å². The number of hydrogen-bond donors (Lipinski definition) is 1. The van der Waals surface area contributed by atoms with E-state index in [1.54, 1.807) is 6.07 Å². The highest BCUT2D eigenvalue weighted by Crippen LogP contribution is 2.28. The van der Waals surface area contributed by atoms with Gasteiger partial charge in [-0.05, 0) is 38.8 Å². The van der Waals surface area contributed by atoms with E-state index in [-0.39, 0.29) is 11.4 Å². The van der Waals surface area contributed by atoms with Crippen LogP contribution in [0.4, 0.5) is 5.69 Å². The van der Waals surface area contributed by atoms with Crippen molar-refractivity contribution in [1.29, 1.82) is 0 Å². The molecule has 1 aromatic rings. The van der Waals surface area contributed by atoms with Crippen LogP contribution in [0.3, 0.4) is 0 Å². The number of nitrogens with two attached hydrogens (primary N) is 1. The fourth-order valence-electron chi connectivity index (χ4n) is 2.57. The highest BCUT2D eigenvalue weighted by atomic mass is 16.5. The second-order valence-corrected chi connectivity index (χ2v) is 5.63. The van der Waals surface area contributed by atoms with Gasteiger partial charge in [0.1, 0.15) is 5.75 Å². The summed E-state index contributed by atoms with van der Waals surface area (Å²) in [6.07, 6.45) is 2.59. The Morgan fingerprint density at radius 3 is 2.89 bits per heavy atom. The molecule has 0 saturated carbocycles. The number of likely N-dealkylation sites (tertiary alicyclic amines) is 1. The van der Waals surface area contributed by atoms with Crippen molar-refractivity contribution in [2.75, 3.05) is 18.9 Å². The summed E-state index contributed by atoms with van der Waals surface area (Å²) < 4.78 is 5.56. The smallest absolute Gasteiger partial charge is 0.226 e. The van der Waals surface area contributed by atoms with Gasteiger partial charge in [-0.15, -0.1) is 0 Å². The molecule has 0 aliphatic carbocycles. The molecule has 2 rings (SSSR count). The monoisotopic (exact) mass is 262 g/mol. The second kappa shape index (κ2) is 5.51. The van der Waals surface area contributed by atoms with E-state index in [1.165, 1.54) is 0 Å². The van der Waals surface area contributed by atoms with Crippen LogP contribution in [0.15, 0.2) is 24.3 Å². The molecule has 1 aromatic carbocycles. The van der Waals surface area contributed by atoms with Gasteiger partial charge in [0.2, 0.25) is 5.91 Å². The number of nitrogen functional groups attached to an aromatic ring is 1. The first-order chi connectivity index (χ1) is 8.99. The molecule has 0 unspecified atom stereocenters. The Hall–Kier alpha value is -1.71. The number of benzene rings is 1. The molecule has 4 heteroatoms. The maximum Gasteiger partial charge on any atom is 0.226 e. The molecule has 4 nitrogen and oxygen atoms in total. The molecule has 1 aliphatic rings. The normalized spacial score (nSPS) is 17.5. The topological polar surface area (TPSA) is 55.6 Å².